The van der Waals surface area contributed by atoms with Crippen molar-refractivity contribution in [2.24, 2.45) is 0 Å². The summed E-state index contributed by atoms with van der Waals surface area (Å²) in [6.07, 6.45) is 0. The first-order valence-electron chi connectivity index (χ1n) is 6.54. The number of rotatable bonds is 3. The molecule has 0 aliphatic heterocycles. The quantitative estimate of drug-likeness (QED) is 0.714. The molecule has 1 heterocycles. The maximum atomic E-state index is 4.69. The minimum Gasteiger partial charge on any atom is -0.245 e. The van der Waals surface area contributed by atoms with Crippen molar-refractivity contribution in [3.05, 3.63) is 59.1 Å². The summed E-state index contributed by atoms with van der Waals surface area (Å²) in [7, 11) is 0. The van der Waals surface area contributed by atoms with Crippen molar-refractivity contribution in [2.75, 3.05) is 0 Å². The van der Waals surface area contributed by atoms with Crippen molar-refractivity contribution < 1.29 is 0 Å². The average Bonchev–Trinajstić information content (AvgIpc) is 2.93. The van der Waals surface area contributed by atoms with Gasteiger partial charge in [0.05, 0.1) is 0 Å². The zero-order valence-corrected chi connectivity index (χ0v) is 12.7. The van der Waals surface area contributed by atoms with Crippen LogP contribution in [0.2, 0.25) is 0 Å². The normalized spacial score (nSPS) is 10.7. The first-order chi connectivity index (χ1) is 9.78. The van der Waals surface area contributed by atoms with Gasteiger partial charge in [0.15, 0.2) is 11.6 Å². The molecule has 0 N–H and O–H groups in total. The highest BCUT2D eigenvalue weighted by Gasteiger charge is 2.11. The van der Waals surface area contributed by atoms with Gasteiger partial charge in [0.25, 0.3) is 0 Å². The molecule has 2 aromatic carbocycles. The molecule has 0 bridgehead atoms. The number of aryl methyl sites for hydroxylation is 1. The van der Waals surface area contributed by atoms with Gasteiger partial charge in [-0.25, -0.2) is 9.67 Å². The van der Waals surface area contributed by atoms with Gasteiger partial charge in [-0.3, -0.25) is 0 Å². The number of hydrogen-bond acceptors (Lipinski definition) is 2. The largest absolute Gasteiger partial charge is 0.245 e. The van der Waals surface area contributed by atoms with Gasteiger partial charge in [-0.1, -0.05) is 58.4 Å². The van der Waals surface area contributed by atoms with E-state index < -0.39 is 0 Å². The molecule has 100 valence electrons. The molecule has 3 rings (SSSR count). The average molecular weight is 328 g/mol. The smallest absolute Gasteiger partial charge is 0.181 e. The van der Waals surface area contributed by atoms with E-state index in [0.717, 1.165) is 33.8 Å². The van der Waals surface area contributed by atoms with Gasteiger partial charge in [-0.15, -0.1) is 0 Å². The Hall–Kier alpha value is -1.94. The van der Waals surface area contributed by atoms with Crippen molar-refractivity contribution in [3.8, 4) is 22.8 Å². The molecular weight excluding hydrogens is 314 g/mol. The minimum atomic E-state index is 0.762. The monoisotopic (exact) mass is 327 g/mol. The third-order valence-corrected chi connectivity index (χ3v) is 3.63. The summed E-state index contributed by atoms with van der Waals surface area (Å²) in [4.78, 5) is 4.69. The topological polar surface area (TPSA) is 30.7 Å². The Morgan fingerprint density at radius 1 is 0.950 bits per heavy atom. The Balaban J connectivity index is 2.07. The first-order valence-corrected chi connectivity index (χ1v) is 7.33. The second-order valence-corrected chi connectivity index (χ2v) is 5.36. The van der Waals surface area contributed by atoms with Crippen LogP contribution in [0.25, 0.3) is 22.8 Å². The summed E-state index contributed by atoms with van der Waals surface area (Å²) in [5.74, 6) is 1.67. The van der Waals surface area contributed by atoms with Gasteiger partial charge >= 0.3 is 0 Å². The second-order valence-electron chi connectivity index (χ2n) is 4.45. The molecule has 1 aromatic heterocycles. The highest BCUT2D eigenvalue weighted by Crippen LogP contribution is 2.23. The van der Waals surface area contributed by atoms with Crippen LogP contribution in [0.4, 0.5) is 0 Å². The summed E-state index contributed by atoms with van der Waals surface area (Å²) in [5.41, 5.74) is 2.11. The summed E-state index contributed by atoms with van der Waals surface area (Å²) in [6.45, 7) is 2.88. The summed E-state index contributed by atoms with van der Waals surface area (Å²) in [6, 6.07) is 18.2. The Kier molecular flexibility index (Phi) is 3.65. The van der Waals surface area contributed by atoms with Crippen LogP contribution in [0, 0.1) is 0 Å². The fourth-order valence-electron chi connectivity index (χ4n) is 2.08. The lowest BCUT2D eigenvalue weighted by Gasteiger charge is -2.01. The van der Waals surface area contributed by atoms with Crippen molar-refractivity contribution in [1.82, 2.24) is 14.8 Å². The molecule has 0 unspecified atom stereocenters. The Morgan fingerprint density at radius 2 is 1.65 bits per heavy atom. The standard InChI is InChI=1S/C16H14BrN3/c1-2-20-16(13-6-4-3-5-7-13)18-15(19-20)12-8-10-14(17)11-9-12/h3-11H,2H2,1H3. The molecule has 0 aliphatic rings. The van der Waals surface area contributed by atoms with Crippen LogP contribution < -0.4 is 0 Å². The molecule has 0 aliphatic carbocycles. The van der Waals surface area contributed by atoms with E-state index >= 15 is 0 Å². The van der Waals surface area contributed by atoms with E-state index in [2.05, 4.69) is 45.1 Å². The van der Waals surface area contributed by atoms with E-state index in [1.165, 1.54) is 0 Å². The van der Waals surface area contributed by atoms with Crippen LogP contribution in [-0.2, 0) is 6.54 Å². The molecule has 3 aromatic rings. The number of nitrogens with zero attached hydrogens (tertiary/aromatic N) is 3. The van der Waals surface area contributed by atoms with Crippen molar-refractivity contribution in [3.63, 3.8) is 0 Å². The maximum Gasteiger partial charge on any atom is 0.181 e. The second kappa shape index (κ2) is 5.59. The first kappa shape index (κ1) is 13.1. The fraction of sp³-hybridized carbons (Fsp3) is 0.125. The zero-order valence-electron chi connectivity index (χ0n) is 11.1. The van der Waals surface area contributed by atoms with Crippen LogP contribution in [0.15, 0.2) is 59.1 Å². The van der Waals surface area contributed by atoms with Gasteiger partial charge in [-0.05, 0) is 19.1 Å². The lowest BCUT2D eigenvalue weighted by molar-refractivity contribution is 0.668. The molecule has 4 heteroatoms. The van der Waals surface area contributed by atoms with Crippen molar-refractivity contribution in [2.45, 2.75) is 13.5 Å². The van der Waals surface area contributed by atoms with E-state index in [-0.39, 0.29) is 0 Å². The molecule has 0 radical (unpaired) electrons. The predicted octanol–water partition coefficient (Wildman–Crippen LogP) is 4.39. The molecular formula is C16H14BrN3. The van der Waals surface area contributed by atoms with Crippen molar-refractivity contribution in [1.29, 1.82) is 0 Å². The zero-order chi connectivity index (χ0) is 13.9. The molecule has 20 heavy (non-hydrogen) atoms. The van der Waals surface area contributed by atoms with E-state index in [0.29, 0.717) is 0 Å². The van der Waals surface area contributed by atoms with Gasteiger partial charge in [0, 0.05) is 22.1 Å². The van der Waals surface area contributed by atoms with Crippen LogP contribution in [0.3, 0.4) is 0 Å². The molecule has 0 spiro atoms. The van der Waals surface area contributed by atoms with E-state index in [4.69, 9.17) is 0 Å². The molecule has 0 saturated carbocycles. The number of aromatic nitrogens is 3. The molecule has 0 fully saturated rings. The number of hydrogen-bond donors (Lipinski definition) is 0. The van der Waals surface area contributed by atoms with E-state index in [1.54, 1.807) is 0 Å². The predicted molar refractivity (Wildman–Crippen MR) is 84.3 cm³/mol. The number of benzene rings is 2. The van der Waals surface area contributed by atoms with Gasteiger partial charge < -0.3 is 0 Å². The van der Waals surface area contributed by atoms with Crippen LogP contribution in [-0.4, -0.2) is 14.8 Å². The SMILES string of the molecule is CCn1nc(-c2ccc(Br)cc2)nc1-c1ccccc1. The molecule has 0 saturated heterocycles. The Morgan fingerprint density at radius 3 is 2.30 bits per heavy atom. The van der Waals surface area contributed by atoms with Gasteiger partial charge in [0.2, 0.25) is 0 Å². The summed E-state index contributed by atoms with van der Waals surface area (Å²) < 4.78 is 2.99. The maximum absolute atomic E-state index is 4.69. The highest BCUT2D eigenvalue weighted by atomic mass is 79.9. The minimum absolute atomic E-state index is 0.762. The molecule has 3 nitrogen and oxygen atoms in total. The third-order valence-electron chi connectivity index (χ3n) is 3.11. The third kappa shape index (κ3) is 2.51. The van der Waals surface area contributed by atoms with Crippen LogP contribution in [0.5, 0.6) is 0 Å². The summed E-state index contributed by atoms with van der Waals surface area (Å²) in [5, 5.41) is 4.60. The van der Waals surface area contributed by atoms with Gasteiger partial charge in [0.1, 0.15) is 0 Å². The lowest BCUT2D eigenvalue weighted by atomic mass is 10.2. The van der Waals surface area contributed by atoms with E-state index in [9.17, 15) is 0 Å². The van der Waals surface area contributed by atoms with Crippen LogP contribution in [0.1, 0.15) is 6.92 Å². The molecule has 0 atom stereocenters. The summed E-state index contributed by atoms with van der Waals surface area (Å²) >= 11 is 3.44. The van der Waals surface area contributed by atoms with E-state index in [1.807, 2.05) is 47.1 Å². The Bertz CT molecular complexity index is 702. The molecule has 0 amide bonds. The Labute approximate surface area is 126 Å². The highest BCUT2D eigenvalue weighted by molar-refractivity contribution is 9.10. The van der Waals surface area contributed by atoms with Crippen molar-refractivity contribution >= 4 is 15.9 Å². The lowest BCUT2D eigenvalue weighted by Crippen LogP contribution is -1.99. The fourth-order valence-corrected chi connectivity index (χ4v) is 2.35. The van der Waals surface area contributed by atoms with Gasteiger partial charge in [-0.2, -0.15) is 5.10 Å². The van der Waals surface area contributed by atoms with Crippen LogP contribution >= 0.6 is 15.9 Å². The number of halogens is 1.